The van der Waals surface area contributed by atoms with Crippen LogP contribution in [-0.2, 0) is 9.59 Å². The molecule has 1 fully saturated rings. The second-order valence-corrected chi connectivity index (χ2v) is 3.02. The van der Waals surface area contributed by atoms with Crippen molar-refractivity contribution in [2.24, 2.45) is 5.92 Å². The second kappa shape index (κ2) is 3.13. The SMILES string of the molecule is CCC1CC(=O)C(=O)C(O)C1. The molecule has 0 amide bonds. The number of aliphatic hydroxyl groups excluding tert-OH is 1. The third-order valence-corrected chi connectivity index (χ3v) is 2.19. The highest BCUT2D eigenvalue weighted by molar-refractivity contribution is 6.39. The number of Topliss-reactive ketones (excluding diaryl/α,β-unsaturated/α-hetero) is 2. The van der Waals surface area contributed by atoms with Gasteiger partial charge in [0, 0.05) is 6.42 Å². The first-order valence-electron chi connectivity index (χ1n) is 3.90. The van der Waals surface area contributed by atoms with Crippen molar-refractivity contribution >= 4 is 11.6 Å². The summed E-state index contributed by atoms with van der Waals surface area (Å²) in [7, 11) is 0. The molecule has 3 nitrogen and oxygen atoms in total. The Labute approximate surface area is 65.4 Å². The van der Waals surface area contributed by atoms with Gasteiger partial charge < -0.3 is 5.11 Å². The topological polar surface area (TPSA) is 54.4 Å². The molecule has 1 N–H and O–H groups in total. The fourth-order valence-corrected chi connectivity index (χ4v) is 1.37. The first-order valence-corrected chi connectivity index (χ1v) is 3.90. The number of ketones is 2. The van der Waals surface area contributed by atoms with E-state index in [4.69, 9.17) is 5.11 Å². The standard InChI is InChI=1S/C8H12O3/c1-2-5-3-6(9)8(11)7(10)4-5/h5-6,9H,2-4H2,1H3. The molecular formula is C8H12O3. The molecule has 0 aromatic heterocycles. The van der Waals surface area contributed by atoms with Crippen LogP contribution in [0.2, 0.25) is 0 Å². The van der Waals surface area contributed by atoms with Gasteiger partial charge in [0.15, 0.2) is 0 Å². The predicted octanol–water partition coefficient (Wildman–Crippen LogP) is 0.305. The summed E-state index contributed by atoms with van der Waals surface area (Å²) in [4.78, 5) is 21.7. The molecule has 11 heavy (non-hydrogen) atoms. The molecule has 0 aliphatic heterocycles. The molecule has 0 aromatic carbocycles. The number of carbonyl (C=O) groups excluding carboxylic acids is 2. The zero-order valence-corrected chi connectivity index (χ0v) is 6.54. The van der Waals surface area contributed by atoms with E-state index in [0.29, 0.717) is 12.8 Å². The lowest BCUT2D eigenvalue weighted by Crippen LogP contribution is -2.36. The average molecular weight is 156 g/mol. The van der Waals surface area contributed by atoms with Crippen LogP contribution in [0.25, 0.3) is 0 Å². The molecule has 3 heteroatoms. The van der Waals surface area contributed by atoms with Crippen LogP contribution in [0.3, 0.4) is 0 Å². The Kier molecular flexibility index (Phi) is 2.39. The largest absolute Gasteiger partial charge is 0.385 e. The summed E-state index contributed by atoms with van der Waals surface area (Å²) in [6.45, 7) is 1.96. The van der Waals surface area contributed by atoms with E-state index < -0.39 is 17.7 Å². The van der Waals surface area contributed by atoms with E-state index in [1.165, 1.54) is 0 Å². The van der Waals surface area contributed by atoms with Crippen LogP contribution in [-0.4, -0.2) is 22.8 Å². The van der Waals surface area contributed by atoms with Crippen LogP contribution >= 0.6 is 0 Å². The van der Waals surface area contributed by atoms with Gasteiger partial charge in [0.1, 0.15) is 6.10 Å². The van der Waals surface area contributed by atoms with E-state index in [1.54, 1.807) is 0 Å². The van der Waals surface area contributed by atoms with Crippen LogP contribution in [0.1, 0.15) is 26.2 Å². The highest BCUT2D eigenvalue weighted by atomic mass is 16.3. The summed E-state index contributed by atoms with van der Waals surface area (Å²) < 4.78 is 0. The number of hydrogen-bond donors (Lipinski definition) is 1. The smallest absolute Gasteiger partial charge is 0.226 e. The number of rotatable bonds is 1. The molecule has 0 spiro atoms. The number of hydrogen-bond acceptors (Lipinski definition) is 3. The van der Waals surface area contributed by atoms with E-state index in [9.17, 15) is 9.59 Å². The van der Waals surface area contributed by atoms with Crippen molar-refractivity contribution < 1.29 is 14.7 Å². The summed E-state index contributed by atoms with van der Waals surface area (Å²) in [5.74, 6) is -0.805. The third-order valence-electron chi connectivity index (χ3n) is 2.19. The molecule has 1 rings (SSSR count). The van der Waals surface area contributed by atoms with Gasteiger partial charge in [-0.25, -0.2) is 0 Å². The number of aliphatic hydroxyl groups is 1. The van der Waals surface area contributed by atoms with E-state index >= 15 is 0 Å². The van der Waals surface area contributed by atoms with Gasteiger partial charge >= 0.3 is 0 Å². The molecule has 62 valence electrons. The molecule has 0 heterocycles. The van der Waals surface area contributed by atoms with E-state index in [0.717, 1.165) is 6.42 Å². The van der Waals surface area contributed by atoms with Gasteiger partial charge in [-0.2, -0.15) is 0 Å². The molecule has 0 radical (unpaired) electrons. The molecule has 0 bridgehead atoms. The minimum atomic E-state index is -1.03. The van der Waals surface area contributed by atoms with Gasteiger partial charge in [-0.1, -0.05) is 13.3 Å². The molecule has 2 unspecified atom stereocenters. The molecule has 0 saturated heterocycles. The molecule has 1 aliphatic rings. The second-order valence-electron chi connectivity index (χ2n) is 3.02. The van der Waals surface area contributed by atoms with E-state index in [-0.39, 0.29) is 5.92 Å². The van der Waals surface area contributed by atoms with E-state index in [2.05, 4.69) is 0 Å². The summed E-state index contributed by atoms with van der Waals surface area (Å²) in [6.07, 6.45) is 0.616. The lowest BCUT2D eigenvalue weighted by molar-refractivity contribution is -0.145. The van der Waals surface area contributed by atoms with Crippen molar-refractivity contribution in [1.29, 1.82) is 0 Å². The Morgan fingerprint density at radius 2 is 2.18 bits per heavy atom. The van der Waals surface area contributed by atoms with Gasteiger partial charge in [0.25, 0.3) is 0 Å². The van der Waals surface area contributed by atoms with E-state index in [1.807, 2.05) is 6.92 Å². The van der Waals surface area contributed by atoms with Gasteiger partial charge in [0.05, 0.1) is 0 Å². The Hall–Kier alpha value is -0.700. The molecule has 2 atom stereocenters. The quantitative estimate of drug-likeness (QED) is 0.556. The Morgan fingerprint density at radius 1 is 1.55 bits per heavy atom. The maximum absolute atomic E-state index is 10.9. The summed E-state index contributed by atoms with van der Waals surface area (Å²) >= 11 is 0. The van der Waals surface area contributed by atoms with Gasteiger partial charge in [-0.3, -0.25) is 9.59 Å². The minimum absolute atomic E-state index is 0.204. The highest BCUT2D eigenvalue weighted by Crippen LogP contribution is 2.21. The monoisotopic (exact) mass is 156 g/mol. The lowest BCUT2D eigenvalue weighted by Gasteiger charge is -2.22. The van der Waals surface area contributed by atoms with Crippen molar-refractivity contribution in [2.45, 2.75) is 32.3 Å². The third kappa shape index (κ3) is 1.66. The molecule has 1 saturated carbocycles. The predicted molar refractivity (Wildman–Crippen MR) is 39.0 cm³/mol. The zero-order chi connectivity index (χ0) is 8.43. The fourth-order valence-electron chi connectivity index (χ4n) is 1.37. The van der Waals surface area contributed by atoms with Crippen molar-refractivity contribution in [3.63, 3.8) is 0 Å². The summed E-state index contributed by atoms with van der Waals surface area (Å²) in [5, 5.41) is 9.08. The average Bonchev–Trinajstić information content (AvgIpc) is 1.99. The van der Waals surface area contributed by atoms with Gasteiger partial charge in [-0.15, -0.1) is 0 Å². The lowest BCUT2D eigenvalue weighted by atomic mass is 9.84. The van der Waals surface area contributed by atoms with Crippen molar-refractivity contribution in [2.75, 3.05) is 0 Å². The van der Waals surface area contributed by atoms with Crippen LogP contribution in [0, 0.1) is 5.92 Å². The summed E-state index contributed by atoms with van der Waals surface area (Å²) in [6, 6.07) is 0. The van der Waals surface area contributed by atoms with Gasteiger partial charge in [-0.05, 0) is 12.3 Å². The Balaban J connectivity index is 2.62. The number of carbonyl (C=O) groups is 2. The van der Waals surface area contributed by atoms with Gasteiger partial charge in [0.2, 0.25) is 11.6 Å². The molecular weight excluding hydrogens is 144 g/mol. The zero-order valence-electron chi connectivity index (χ0n) is 6.54. The first-order chi connectivity index (χ1) is 5.15. The van der Waals surface area contributed by atoms with Crippen molar-refractivity contribution in [1.82, 2.24) is 0 Å². The van der Waals surface area contributed by atoms with Crippen LogP contribution in [0.4, 0.5) is 0 Å². The van der Waals surface area contributed by atoms with Crippen LogP contribution in [0.15, 0.2) is 0 Å². The van der Waals surface area contributed by atoms with Crippen LogP contribution in [0.5, 0.6) is 0 Å². The molecule has 0 aromatic rings. The molecule has 1 aliphatic carbocycles. The highest BCUT2D eigenvalue weighted by Gasteiger charge is 2.32. The normalized spacial score (nSPS) is 32.5. The summed E-state index contributed by atoms with van der Waals surface area (Å²) in [5.41, 5.74) is 0. The Morgan fingerprint density at radius 3 is 2.64 bits per heavy atom. The Bertz CT molecular complexity index is 186. The minimum Gasteiger partial charge on any atom is -0.385 e. The fraction of sp³-hybridized carbons (Fsp3) is 0.750. The maximum Gasteiger partial charge on any atom is 0.226 e. The first kappa shape index (κ1) is 8.40. The van der Waals surface area contributed by atoms with Crippen molar-refractivity contribution in [3.05, 3.63) is 0 Å². The van der Waals surface area contributed by atoms with Crippen LogP contribution < -0.4 is 0 Å². The van der Waals surface area contributed by atoms with Crippen molar-refractivity contribution in [3.8, 4) is 0 Å². The maximum atomic E-state index is 10.9.